The highest BCUT2D eigenvalue weighted by molar-refractivity contribution is 5.76. The number of ether oxygens (including phenoxy) is 4. The van der Waals surface area contributed by atoms with Gasteiger partial charge in [0.05, 0.1) is 32.0 Å². The van der Waals surface area contributed by atoms with Crippen LogP contribution in [-0.2, 0) is 23.7 Å². The van der Waals surface area contributed by atoms with Gasteiger partial charge in [-0.3, -0.25) is 4.79 Å². The maximum absolute atomic E-state index is 13.1. The van der Waals surface area contributed by atoms with Crippen LogP contribution in [0.15, 0.2) is 72.9 Å². The number of nitrogens with one attached hydrogen (secondary N) is 1. The molecule has 12 unspecified atom stereocenters. The molecule has 69 heavy (non-hydrogen) atoms. The first-order valence-electron chi connectivity index (χ1n) is 26.7. The van der Waals surface area contributed by atoms with E-state index in [0.29, 0.717) is 6.42 Å². The summed E-state index contributed by atoms with van der Waals surface area (Å²) < 4.78 is 22.6. The highest BCUT2D eigenvalue weighted by Crippen LogP contribution is 2.30. The molecule has 2 aliphatic rings. The highest BCUT2D eigenvalue weighted by Gasteiger charge is 2.51. The minimum absolute atomic E-state index is 0.250. The van der Waals surface area contributed by atoms with Gasteiger partial charge < -0.3 is 65.1 Å². The van der Waals surface area contributed by atoms with E-state index in [4.69, 9.17) is 18.9 Å². The third kappa shape index (κ3) is 27.7. The number of hydrogen-bond acceptors (Lipinski definition) is 13. The van der Waals surface area contributed by atoms with E-state index in [1.54, 1.807) is 6.08 Å². The molecule has 2 heterocycles. The van der Waals surface area contributed by atoms with Crippen molar-refractivity contribution in [1.82, 2.24) is 5.32 Å². The van der Waals surface area contributed by atoms with Crippen LogP contribution < -0.4 is 5.32 Å². The van der Waals surface area contributed by atoms with Gasteiger partial charge in [-0.1, -0.05) is 177 Å². The number of carbonyl (C=O) groups excluding carboxylic acids is 1. The molecule has 2 saturated heterocycles. The third-order valence-electron chi connectivity index (χ3n) is 12.6. The summed E-state index contributed by atoms with van der Waals surface area (Å²) in [5.41, 5.74) is 0. The summed E-state index contributed by atoms with van der Waals surface area (Å²) in [7, 11) is 0. The number of hydrogen-bond donors (Lipinski definition) is 9. The average molecular weight is 978 g/mol. The molecule has 14 nitrogen and oxygen atoms in total. The summed E-state index contributed by atoms with van der Waals surface area (Å²) in [4.78, 5) is 13.1. The predicted octanol–water partition coefficient (Wildman–Crippen LogP) is 7.60. The Bertz CT molecular complexity index is 1430. The van der Waals surface area contributed by atoms with Crippen molar-refractivity contribution in [3.05, 3.63) is 72.9 Å². The van der Waals surface area contributed by atoms with Crippen molar-refractivity contribution in [1.29, 1.82) is 0 Å². The topological polar surface area (TPSA) is 228 Å². The van der Waals surface area contributed by atoms with E-state index in [9.17, 15) is 45.6 Å². The van der Waals surface area contributed by atoms with Crippen LogP contribution in [0.1, 0.15) is 174 Å². The van der Waals surface area contributed by atoms with Crippen molar-refractivity contribution >= 4 is 5.91 Å². The van der Waals surface area contributed by atoms with Crippen molar-refractivity contribution in [3.8, 4) is 0 Å². The van der Waals surface area contributed by atoms with Crippen molar-refractivity contribution in [2.45, 2.75) is 248 Å². The van der Waals surface area contributed by atoms with Gasteiger partial charge in [0, 0.05) is 6.42 Å². The Hall–Kier alpha value is -2.57. The molecular formula is C55H95NO13. The Morgan fingerprint density at radius 3 is 1.54 bits per heavy atom. The van der Waals surface area contributed by atoms with E-state index in [-0.39, 0.29) is 18.9 Å². The van der Waals surface area contributed by atoms with Gasteiger partial charge in [-0.15, -0.1) is 0 Å². The van der Waals surface area contributed by atoms with E-state index >= 15 is 0 Å². The predicted molar refractivity (Wildman–Crippen MR) is 272 cm³/mol. The fourth-order valence-electron chi connectivity index (χ4n) is 8.32. The zero-order valence-electron chi connectivity index (χ0n) is 42.3. The van der Waals surface area contributed by atoms with E-state index < -0.39 is 86.8 Å². The zero-order chi connectivity index (χ0) is 50.3. The Kier molecular flexibility index (Phi) is 37.1. The van der Waals surface area contributed by atoms with Gasteiger partial charge in [0.2, 0.25) is 5.91 Å². The fourth-order valence-corrected chi connectivity index (χ4v) is 8.32. The van der Waals surface area contributed by atoms with Gasteiger partial charge in [-0.05, 0) is 64.2 Å². The standard InChI is InChI=1S/C55H95NO13/c1-3-5-7-9-11-13-14-15-16-17-18-19-20-21-22-23-24-25-26-27-28-29-30-31-33-35-37-39-47(60)56-43(44(59)38-36-34-32-12-10-8-6-4-2)42-66-54-52(65)50(63)53(46(41-58)68-54)69-55-51(64)49(62)48(61)45(40-57)67-55/h5,7,11,13,15-16,18-19,21-22,36,38,43-46,48-55,57-59,61-65H,3-4,6,8-10,12,14,17,20,23-35,37,39-42H2,1-2H3,(H,56,60)/b7-5-,13-11-,16-15-,19-18-,22-21-,38-36+. The Morgan fingerprint density at radius 1 is 0.536 bits per heavy atom. The van der Waals surface area contributed by atoms with Gasteiger partial charge in [0.15, 0.2) is 12.6 Å². The number of allylic oxidation sites excluding steroid dienone is 11. The fraction of sp³-hybridized carbons (Fsp3) is 0.764. The normalized spacial score (nSPS) is 26.8. The number of rotatable bonds is 40. The molecule has 0 aromatic heterocycles. The number of aliphatic hydroxyl groups excluding tert-OH is 8. The molecule has 0 bridgehead atoms. The van der Waals surface area contributed by atoms with Crippen LogP contribution in [0.25, 0.3) is 0 Å². The van der Waals surface area contributed by atoms with Gasteiger partial charge in [-0.25, -0.2) is 0 Å². The number of aliphatic hydroxyl groups is 8. The first-order valence-corrected chi connectivity index (χ1v) is 26.7. The molecule has 398 valence electrons. The summed E-state index contributed by atoms with van der Waals surface area (Å²) in [6.45, 7) is 2.60. The molecular weight excluding hydrogens is 883 g/mol. The van der Waals surface area contributed by atoms with Crippen LogP contribution in [0, 0.1) is 0 Å². The number of unbranched alkanes of at least 4 members (excludes halogenated alkanes) is 17. The van der Waals surface area contributed by atoms with E-state index in [0.717, 1.165) is 83.5 Å². The van der Waals surface area contributed by atoms with Crippen molar-refractivity contribution in [2.75, 3.05) is 19.8 Å². The Labute approximate surface area is 415 Å². The Morgan fingerprint density at radius 2 is 1.00 bits per heavy atom. The van der Waals surface area contributed by atoms with Gasteiger partial charge in [0.25, 0.3) is 0 Å². The largest absolute Gasteiger partial charge is 0.394 e. The minimum Gasteiger partial charge on any atom is -0.394 e. The van der Waals surface area contributed by atoms with Crippen molar-refractivity contribution in [3.63, 3.8) is 0 Å². The van der Waals surface area contributed by atoms with Gasteiger partial charge >= 0.3 is 0 Å². The summed E-state index contributed by atoms with van der Waals surface area (Å²) in [6.07, 6.45) is 35.4. The molecule has 14 heteroatoms. The van der Waals surface area contributed by atoms with Crippen LogP contribution in [0.2, 0.25) is 0 Å². The molecule has 0 spiro atoms. The second-order valence-corrected chi connectivity index (χ2v) is 18.6. The van der Waals surface area contributed by atoms with Crippen molar-refractivity contribution < 1.29 is 64.6 Å². The van der Waals surface area contributed by atoms with Crippen LogP contribution in [0.3, 0.4) is 0 Å². The molecule has 0 aromatic carbocycles. The number of amides is 1. The Balaban J connectivity index is 1.69. The lowest BCUT2D eigenvalue weighted by molar-refractivity contribution is -0.359. The van der Waals surface area contributed by atoms with Crippen LogP contribution in [-0.4, -0.2) is 140 Å². The molecule has 0 saturated carbocycles. The summed E-state index contributed by atoms with van der Waals surface area (Å²) in [5.74, 6) is -0.250. The molecule has 9 N–H and O–H groups in total. The second-order valence-electron chi connectivity index (χ2n) is 18.6. The quantitative estimate of drug-likeness (QED) is 0.0213. The summed E-state index contributed by atoms with van der Waals surface area (Å²) >= 11 is 0. The molecule has 12 atom stereocenters. The highest BCUT2D eigenvalue weighted by atomic mass is 16.7. The lowest BCUT2D eigenvalue weighted by atomic mass is 9.97. The van der Waals surface area contributed by atoms with Crippen molar-refractivity contribution in [2.24, 2.45) is 0 Å². The molecule has 0 aliphatic carbocycles. The maximum Gasteiger partial charge on any atom is 0.220 e. The van der Waals surface area contributed by atoms with Gasteiger partial charge in [-0.2, -0.15) is 0 Å². The van der Waals surface area contributed by atoms with Crippen LogP contribution in [0.5, 0.6) is 0 Å². The first kappa shape index (κ1) is 62.5. The minimum atomic E-state index is -1.79. The van der Waals surface area contributed by atoms with Gasteiger partial charge in [0.1, 0.15) is 48.8 Å². The summed E-state index contributed by atoms with van der Waals surface area (Å²) in [5, 5.41) is 86.5. The SMILES string of the molecule is CC/C=C\C/C=C\C/C=C\C/C=C\C/C=C\CCCCCCCCCCCCCC(=O)NC(COC1OC(CO)C(OC2OC(CO)C(O)C(O)C2O)C(O)C1O)C(O)/C=C/CCCCCCCC. The molecule has 1 amide bonds. The summed E-state index contributed by atoms with van der Waals surface area (Å²) in [6, 6.07) is -0.917. The molecule has 2 rings (SSSR count). The zero-order valence-corrected chi connectivity index (χ0v) is 42.3. The maximum atomic E-state index is 13.1. The lowest BCUT2D eigenvalue weighted by Crippen LogP contribution is -2.65. The molecule has 2 aliphatic heterocycles. The first-order chi connectivity index (χ1) is 33.6. The monoisotopic (exact) mass is 978 g/mol. The molecule has 0 radical (unpaired) electrons. The molecule has 0 aromatic rings. The van der Waals surface area contributed by atoms with E-state index in [2.05, 4.69) is 79.9 Å². The van der Waals surface area contributed by atoms with Crippen LogP contribution >= 0.6 is 0 Å². The second kappa shape index (κ2) is 41.0. The van der Waals surface area contributed by atoms with E-state index in [1.165, 1.54) is 64.2 Å². The van der Waals surface area contributed by atoms with Crippen LogP contribution in [0.4, 0.5) is 0 Å². The average Bonchev–Trinajstić information content (AvgIpc) is 3.35. The number of carbonyl (C=O) groups is 1. The van der Waals surface area contributed by atoms with E-state index in [1.807, 2.05) is 6.08 Å². The smallest absolute Gasteiger partial charge is 0.220 e. The molecule has 2 fully saturated rings. The third-order valence-corrected chi connectivity index (χ3v) is 12.6. The lowest BCUT2D eigenvalue weighted by Gasteiger charge is -2.46.